The van der Waals surface area contributed by atoms with Gasteiger partial charge in [-0.1, -0.05) is 24.3 Å². The van der Waals surface area contributed by atoms with Gasteiger partial charge in [0.15, 0.2) is 6.10 Å². The van der Waals surface area contributed by atoms with E-state index in [2.05, 4.69) is 4.98 Å². The number of hydrogen-bond donors (Lipinski definition) is 0. The molecule has 2 heterocycles. The third-order valence-corrected chi connectivity index (χ3v) is 4.21. The molecule has 1 aliphatic rings. The predicted octanol–water partition coefficient (Wildman–Crippen LogP) is 2.76. The van der Waals surface area contributed by atoms with E-state index in [1.807, 2.05) is 48.5 Å². The van der Waals surface area contributed by atoms with Crippen LogP contribution in [0.2, 0.25) is 0 Å². The summed E-state index contributed by atoms with van der Waals surface area (Å²) < 4.78 is 18.5. The lowest BCUT2D eigenvalue weighted by Crippen LogP contribution is -2.23. The van der Waals surface area contributed by atoms with Crippen molar-refractivity contribution in [2.45, 2.75) is 12.6 Å². The molecular weight excluding hydrogens is 332 g/mol. The van der Waals surface area contributed by atoms with E-state index in [-0.39, 0.29) is 11.7 Å². The maximum Gasteiger partial charge on any atom is 0.300 e. The zero-order valence-corrected chi connectivity index (χ0v) is 14.3. The van der Waals surface area contributed by atoms with E-state index in [1.165, 1.54) is 6.07 Å². The molecule has 6 nitrogen and oxygen atoms in total. The Morgan fingerprint density at radius 2 is 1.96 bits per heavy atom. The van der Waals surface area contributed by atoms with Crippen molar-refractivity contribution in [1.29, 1.82) is 0 Å². The highest BCUT2D eigenvalue weighted by molar-refractivity contribution is 5.65. The molecule has 0 saturated carbocycles. The van der Waals surface area contributed by atoms with Crippen LogP contribution in [0.4, 0.5) is 0 Å². The van der Waals surface area contributed by atoms with Crippen LogP contribution < -0.4 is 19.8 Å². The molecule has 0 spiro atoms. The Bertz CT molecular complexity index is 966. The van der Waals surface area contributed by atoms with Gasteiger partial charge in [-0.25, -0.2) is 0 Å². The maximum absolute atomic E-state index is 11.3. The molecule has 3 aromatic rings. The number of rotatable bonds is 5. The standard InChI is InChI=1S/C20H18N2O4/c1-24-17-4-2-3-15(11-17)14-5-7-16(8-6-14)25-13-18-12-22-10-9-19(23)21-20(22)26-18/h2-11,18H,12-13H2,1H3. The minimum Gasteiger partial charge on any atom is -0.497 e. The average Bonchev–Trinajstić information content (AvgIpc) is 3.09. The molecule has 0 amide bonds. The van der Waals surface area contributed by atoms with Gasteiger partial charge in [0, 0.05) is 12.3 Å². The van der Waals surface area contributed by atoms with Crippen LogP contribution in [0.5, 0.6) is 17.5 Å². The van der Waals surface area contributed by atoms with E-state index in [9.17, 15) is 4.79 Å². The van der Waals surface area contributed by atoms with E-state index >= 15 is 0 Å². The minimum absolute atomic E-state index is 0.164. The Morgan fingerprint density at radius 1 is 1.12 bits per heavy atom. The summed E-state index contributed by atoms with van der Waals surface area (Å²) in [5, 5.41) is 0. The third-order valence-electron chi connectivity index (χ3n) is 4.21. The molecule has 0 bridgehead atoms. The summed E-state index contributed by atoms with van der Waals surface area (Å²) in [6.07, 6.45) is 1.52. The van der Waals surface area contributed by atoms with Gasteiger partial charge in [0.1, 0.15) is 18.1 Å². The number of aromatic nitrogens is 2. The predicted molar refractivity (Wildman–Crippen MR) is 96.8 cm³/mol. The van der Waals surface area contributed by atoms with Crippen molar-refractivity contribution in [2.24, 2.45) is 0 Å². The molecule has 0 radical (unpaired) electrons. The summed E-state index contributed by atoms with van der Waals surface area (Å²) in [6.45, 7) is 1.00. The first-order chi connectivity index (χ1) is 12.7. The monoisotopic (exact) mass is 350 g/mol. The molecule has 4 rings (SSSR count). The van der Waals surface area contributed by atoms with Gasteiger partial charge in [-0.15, -0.1) is 0 Å². The van der Waals surface area contributed by atoms with Crippen molar-refractivity contribution in [3.05, 3.63) is 71.1 Å². The molecule has 0 fully saturated rings. The fourth-order valence-corrected chi connectivity index (χ4v) is 2.87. The van der Waals surface area contributed by atoms with Crippen LogP contribution in [0.1, 0.15) is 0 Å². The van der Waals surface area contributed by atoms with Crippen molar-refractivity contribution >= 4 is 0 Å². The Morgan fingerprint density at radius 3 is 2.77 bits per heavy atom. The van der Waals surface area contributed by atoms with Crippen molar-refractivity contribution in [3.63, 3.8) is 0 Å². The lowest BCUT2D eigenvalue weighted by molar-refractivity contribution is 0.143. The molecular formula is C20H18N2O4. The van der Waals surface area contributed by atoms with E-state index in [0.29, 0.717) is 19.2 Å². The molecule has 1 aromatic heterocycles. The van der Waals surface area contributed by atoms with Gasteiger partial charge in [-0.05, 0) is 35.4 Å². The van der Waals surface area contributed by atoms with E-state index in [0.717, 1.165) is 22.6 Å². The normalized spacial score (nSPS) is 15.2. The Labute approximate surface area is 150 Å². The smallest absolute Gasteiger partial charge is 0.300 e. The fourth-order valence-electron chi connectivity index (χ4n) is 2.87. The van der Waals surface area contributed by atoms with Crippen LogP contribution in [-0.2, 0) is 6.54 Å². The summed E-state index contributed by atoms with van der Waals surface area (Å²) in [4.78, 5) is 15.1. The van der Waals surface area contributed by atoms with Crippen molar-refractivity contribution in [1.82, 2.24) is 9.55 Å². The molecule has 132 valence electrons. The first-order valence-electron chi connectivity index (χ1n) is 8.33. The lowest BCUT2D eigenvalue weighted by Gasteiger charge is -2.11. The zero-order chi connectivity index (χ0) is 17.9. The van der Waals surface area contributed by atoms with E-state index in [1.54, 1.807) is 17.9 Å². The molecule has 0 N–H and O–H groups in total. The van der Waals surface area contributed by atoms with Gasteiger partial charge in [-0.3, -0.25) is 9.36 Å². The second kappa shape index (κ2) is 6.92. The maximum atomic E-state index is 11.3. The Hall–Kier alpha value is -3.28. The molecule has 1 unspecified atom stereocenters. The Balaban J connectivity index is 1.38. The van der Waals surface area contributed by atoms with Crippen LogP contribution in [-0.4, -0.2) is 29.4 Å². The van der Waals surface area contributed by atoms with Gasteiger partial charge in [-0.2, -0.15) is 4.98 Å². The topological polar surface area (TPSA) is 62.6 Å². The molecule has 0 saturated heterocycles. The number of methoxy groups -OCH3 is 1. The number of nitrogens with zero attached hydrogens (tertiary/aromatic N) is 2. The highest BCUT2D eigenvalue weighted by atomic mass is 16.6. The average molecular weight is 350 g/mol. The van der Waals surface area contributed by atoms with Gasteiger partial charge in [0.2, 0.25) is 0 Å². The molecule has 1 aliphatic heterocycles. The van der Waals surface area contributed by atoms with Crippen LogP contribution >= 0.6 is 0 Å². The number of hydrogen-bond acceptors (Lipinski definition) is 5. The highest BCUT2D eigenvalue weighted by Gasteiger charge is 2.23. The van der Waals surface area contributed by atoms with Gasteiger partial charge in [0.25, 0.3) is 11.6 Å². The summed E-state index contributed by atoms with van der Waals surface area (Å²) in [7, 11) is 1.66. The first-order valence-corrected chi connectivity index (χ1v) is 8.33. The summed E-state index contributed by atoms with van der Waals surface area (Å²) in [6, 6.07) is 17.6. The molecule has 2 aromatic carbocycles. The van der Waals surface area contributed by atoms with Crippen LogP contribution in [0.3, 0.4) is 0 Å². The van der Waals surface area contributed by atoms with Gasteiger partial charge < -0.3 is 14.2 Å². The lowest BCUT2D eigenvalue weighted by atomic mass is 10.1. The summed E-state index contributed by atoms with van der Waals surface area (Å²) in [5.74, 6) is 1.59. The quantitative estimate of drug-likeness (QED) is 0.708. The van der Waals surface area contributed by atoms with E-state index < -0.39 is 0 Å². The number of ether oxygens (including phenoxy) is 3. The van der Waals surface area contributed by atoms with Crippen molar-refractivity contribution in [3.8, 4) is 28.6 Å². The molecule has 0 aliphatic carbocycles. The molecule has 1 atom stereocenters. The summed E-state index contributed by atoms with van der Waals surface area (Å²) in [5.41, 5.74) is 1.87. The summed E-state index contributed by atoms with van der Waals surface area (Å²) >= 11 is 0. The highest BCUT2D eigenvalue weighted by Crippen LogP contribution is 2.26. The van der Waals surface area contributed by atoms with E-state index in [4.69, 9.17) is 14.2 Å². The second-order valence-corrected chi connectivity index (χ2v) is 6.01. The molecule has 6 heteroatoms. The number of benzene rings is 2. The SMILES string of the molecule is COc1cccc(-c2ccc(OCC3Cn4ccc(=O)nc4O3)cc2)c1. The minimum atomic E-state index is -0.300. The zero-order valence-electron chi connectivity index (χ0n) is 14.3. The van der Waals surface area contributed by atoms with Crippen LogP contribution in [0, 0.1) is 0 Å². The largest absolute Gasteiger partial charge is 0.497 e. The first kappa shape index (κ1) is 16.2. The van der Waals surface area contributed by atoms with Gasteiger partial charge in [0.05, 0.1) is 13.7 Å². The van der Waals surface area contributed by atoms with Crippen molar-refractivity contribution in [2.75, 3.05) is 13.7 Å². The third kappa shape index (κ3) is 3.39. The van der Waals surface area contributed by atoms with Gasteiger partial charge >= 0.3 is 0 Å². The Kier molecular flexibility index (Phi) is 4.31. The van der Waals surface area contributed by atoms with Crippen LogP contribution in [0.15, 0.2) is 65.6 Å². The van der Waals surface area contributed by atoms with Crippen molar-refractivity contribution < 1.29 is 14.2 Å². The molecule has 26 heavy (non-hydrogen) atoms. The fraction of sp³-hybridized carbons (Fsp3) is 0.200. The number of fused-ring (bicyclic) bond motifs is 1. The second-order valence-electron chi connectivity index (χ2n) is 6.01. The van der Waals surface area contributed by atoms with Crippen LogP contribution in [0.25, 0.3) is 11.1 Å².